The van der Waals surface area contributed by atoms with Gasteiger partial charge in [-0.2, -0.15) is 0 Å². The van der Waals surface area contributed by atoms with Crippen LogP contribution < -0.4 is 5.32 Å². The van der Waals surface area contributed by atoms with Crippen LogP contribution in [0.3, 0.4) is 0 Å². The average Bonchev–Trinajstić information content (AvgIpc) is 1.88. The molecule has 1 amide bonds. The van der Waals surface area contributed by atoms with Gasteiger partial charge in [-0.3, -0.25) is 4.79 Å². The molecule has 524 valence electrons. The second-order valence-corrected chi connectivity index (χ2v) is 26.1. The Labute approximate surface area is 537 Å². The van der Waals surface area contributed by atoms with Crippen molar-refractivity contribution in [3.05, 3.63) is 24.3 Å². The van der Waals surface area contributed by atoms with Crippen molar-refractivity contribution in [3.8, 4) is 0 Å². The third kappa shape index (κ3) is 34.5. The molecule has 0 radical (unpaired) electrons. The predicted molar refractivity (Wildman–Crippen MR) is 346 cm³/mol. The maximum atomic E-state index is 13.3. The van der Waals surface area contributed by atoms with Crippen molar-refractivity contribution in [3.63, 3.8) is 0 Å². The monoisotopic (exact) mass is 1270 g/mol. The minimum atomic E-state index is -1.98. The van der Waals surface area contributed by atoms with Crippen LogP contribution >= 0.6 is 0 Å². The van der Waals surface area contributed by atoms with Gasteiger partial charge in [-0.15, -0.1) is 0 Å². The second-order valence-electron chi connectivity index (χ2n) is 26.1. The SMILES string of the molecule is CCCC/C=C\CCCCCCCC(=O)NC(COC1OC(CO)C(OC2OC(CO)C(OC3OC(CO)C(O)C(O)C3O)C(O)C2O)C(O)C1O)C(O)/C=C/CCCCCCCCCCCCCCCCCCCCCCCCCCCCCCCCC. The average molecular weight is 1270 g/mol. The molecule has 17 atom stereocenters. The van der Waals surface area contributed by atoms with Crippen molar-refractivity contribution in [2.24, 2.45) is 0 Å². The van der Waals surface area contributed by atoms with Crippen molar-refractivity contribution >= 4 is 5.91 Å². The summed E-state index contributed by atoms with van der Waals surface area (Å²) in [5.74, 6) is -0.284. The molecule has 0 aromatic heterocycles. The summed E-state index contributed by atoms with van der Waals surface area (Å²) in [6.07, 6.45) is 33.4. The van der Waals surface area contributed by atoms with Crippen LogP contribution in [-0.2, 0) is 33.2 Å². The van der Waals surface area contributed by atoms with Gasteiger partial charge in [0.1, 0.15) is 73.2 Å². The first-order valence-corrected chi connectivity index (χ1v) is 36.1. The number of allylic oxidation sites excluding steroid dienone is 3. The van der Waals surface area contributed by atoms with Crippen molar-refractivity contribution < 1.29 is 89.4 Å². The van der Waals surface area contributed by atoms with Gasteiger partial charge in [0.05, 0.1) is 38.6 Å². The van der Waals surface area contributed by atoms with Crippen molar-refractivity contribution in [2.45, 2.75) is 388 Å². The van der Waals surface area contributed by atoms with Crippen LogP contribution in [0.2, 0.25) is 0 Å². The smallest absolute Gasteiger partial charge is 0.220 e. The lowest BCUT2D eigenvalue weighted by molar-refractivity contribution is -0.379. The number of carbonyl (C=O) groups excluding carboxylic acids is 1. The number of nitrogens with one attached hydrogen (secondary N) is 1. The summed E-state index contributed by atoms with van der Waals surface area (Å²) in [5, 5.41) is 120. The molecule has 12 N–H and O–H groups in total. The Hall–Kier alpha value is -1.73. The zero-order chi connectivity index (χ0) is 64.7. The van der Waals surface area contributed by atoms with Crippen molar-refractivity contribution in [2.75, 3.05) is 26.4 Å². The van der Waals surface area contributed by atoms with E-state index in [2.05, 4.69) is 31.3 Å². The van der Waals surface area contributed by atoms with Crippen LogP contribution in [-0.4, -0.2) is 193 Å². The lowest BCUT2D eigenvalue weighted by atomic mass is 9.96. The van der Waals surface area contributed by atoms with Crippen LogP contribution in [0.5, 0.6) is 0 Å². The molecule has 0 spiro atoms. The Kier molecular flexibility index (Phi) is 48.1. The number of ether oxygens (including phenoxy) is 6. The number of rotatable bonds is 56. The zero-order valence-corrected chi connectivity index (χ0v) is 55.4. The number of aliphatic hydroxyl groups excluding tert-OH is 11. The second kappa shape index (κ2) is 52.5. The van der Waals surface area contributed by atoms with E-state index < -0.39 is 124 Å². The van der Waals surface area contributed by atoms with Crippen LogP contribution in [0, 0.1) is 0 Å². The summed E-state index contributed by atoms with van der Waals surface area (Å²) >= 11 is 0. The van der Waals surface area contributed by atoms with E-state index in [9.17, 15) is 61.0 Å². The van der Waals surface area contributed by atoms with E-state index in [4.69, 9.17) is 28.4 Å². The number of amides is 1. The summed E-state index contributed by atoms with van der Waals surface area (Å²) in [5.41, 5.74) is 0. The summed E-state index contributed by atoms with van der Waals surface area (Å²) in [4.78, 5) is 13.3. The Morgan fingerprint density at radius 2 is 0.719 bits per heavy atom. The molecule has 3 fully saturated rings. The summed E-state index contributed by atoms with van der Waals surface area (Å²) in [7, 11) is 0. The summed E-state index contributed by atoms with van der Waals surface area (Å²) in [6.45, 7) is 1.70. The zero-order valence-electron chi connectivity index (χ0n) is 55.4. The third-order valence-electron chi connectivity index (χ3n) is 18.2. The molecule has 19 heteroatoms. The first-order chi connectivity index (χ1) is 43.3. The van der Waals surface area contributed by atoms with Gasteiger partial charge in [-0.25, -0.2) is 0 Å². The third-order valence-corrected chi connectivity index (χ3v) is 18.2. The molecule has 0 bridgehead atoms. The lowest BCUT2D eigenvalue weighted by Gasteiger charge is -2.48. The molecule has 0 saturated carbocycles. The van der Waals surface area contributed by atoms with Crippen LogP contribution in [0.15, 0.2) is 24.3 Å². The molecule has 3 heterocycles. The molecule has 0 aromatic carbocycles. The van der Waals surface area contributed by atoms with Gasteiger partial charge in [0, 0.05) is 6.42 Å². The molecule has 0 aromatic rings. The number of unbranched alkanes of at least 4 members (excludes halogenated alkanes) is 38. The molecule has 3 aliphatic rings. The van der Waals surface area contributed by atoms with Gasteiger partial charge in [-0.05, 0) is 38.5 Å². The number of aliphatic hydroxyl groups is 11. The van der Waals surface area contributed by atoms with Gasteiger partial charge in [0.15, 0.2) is 18.9 Å². The quantitative estimate of drug-likeness (QED) is 0.0199. The number of hydrogen-bond acceptors (Lipinski definition) is 18. The van der Waals surface area contributed by atoms with Gasteiger partial charge in [0.25, 0.3) is 0 Å². The Morgan fingerprint density at radius 1 is 0.393 bits per heavy atom. The van der Waals surface area contributed by atoms with E-state index in [1.807, 2.05) is 6.08 Å². The minimum absolute atomic E-state index is 0.234. The predicted octanol–water partition coefficient (Wildman–Crippen LogP) is 9.83. The molecular weight excluding hydrogens is 1140 g/mol. The number of carbonyl (C=O) groups is 1. The molecule has 3 rings (SSSR count). The van der Waals surface area contributed by atoms with E-state index in [0.717, 1.165) is 64.2 Å². The van der Waals surface area contributed by atoms with Crippen LogP contribution in [0.1, 0.15) is 284 Å². The maximum Gasteiger partial charge on any atom is 0.220 e. The normalized spacial score (nSPS) is 28.3. The topological polar surface area (TPSA) is 307 Å². The molecule has 17 unspecified atom stereocenters. The fourth-order valence-corrected chi connectivity index (χ4v) is 12.4. The number of hydrogen-bond donors (Lipinski definition) is 12. The molecule has 3 aliphatic heterocycles. The van der Waals surface area contributed by atoms with E-state index in [1.54, 1.807) is 6.08 Å². The standard InChI is InChI=1S/C70H131NO18/c1-3-5-7-9-11-13-15-16-17-18-19-20-21-22-23-24-25-26-27-28-29-30-31-32-33-34-35-36-38-39-41-43-45-47-54(75)53(71-58(76)48-46-44-42-40-37-14-12-10-8-6-4-2)52-84-68-64(82)61(79)66(56(50-73)86-68)89-70-65(83)62(80)67(57(51-74)87-70)88-69-63(81)60(78)59(77)55(49-72)85-69/h10,12,45,47,53-57,59-70,72-75,77-83H,3-9,11,13-44,46,48-52H2,1-2H3,(H,71,76)/b12-10-,47-45+. The Morgan fingerprint density at radius 3 is 1.12 bits per heavy atom. The first-order valence-electron chi connectivity index (χ1n) is 36.1. The minimum Gasteiger partial charge on any atom is -0.394 e. The van der Waals surface area contributed by atoms with Gasteiger partial charge >= 0.3 is 0 Å². The highest BCUT2D eigenvalue weighted by Gasteiger charge is 2.53. The van der Waals surface area contributed by atoms with E-state index in [0.29, 0.717) is 6.42 Å². The summed E-state index contributed by atoms with van der Waals surface area (Å²) < 4.78 is 34.3. The fraction of sp³-hybridized carbons (Fsp3) is 0.929. The highest BCUT2D eigenvalue weighted by atomic mass is 16.8. The maximum absolute atomic E-state index is 13.3. The highest BCUT2D eigenvalue weighted by molar-refractivity contribution is 5.76. The molecule has 3 saturated heterocycles. The van der Waals surface area contributed by atoms with Gasteiger partial charge in [-0.1, -0.05) is 263 Å². The highest BCUT2D eigenvalue weighted by Crippen LogP contribution is 2.33. The van der Waals surface area contributed by atoms with E-state index >= 15 is 0 Å². The van der Waals surface area contributed by atoms with Crippen molar-refractivity contribution in [1.82, 2.24) is 5.32 Å². The lowest BCUT2D eigenvalue weighted by Crippen LogP contribution is -2.66. The van der Waals surface area contributed by atoms with Gasteiger partial charge < -0.3 is 89.9 Å². The first kappa shape index (κ1) is 81.5. The largest absolute Gasteiger partial charge is 0.394 e. The van der Waals surface area contributed by atoms with Gasteiger partial charge in [0.2, 0.25) is 5.91 Å². The van der Waals surface area contributed by atoms with E-state index in [1.165, 1.54) is 193 Å². The Bertz CT molecular complexity index is 1710. The molecule has 89 heavy (non-hydrogen) atoms. The van der Waals surface area contributed by atoms with Crippen molar-refractivity contribution in [1.29, 1.82) is 0 Å². The molecular formula is C70H131NO18. The van der Waals surface area contributed by atoms with Crippen LogP contribution in [0.4, 0.5) is 0 Å². The van der Waals surface area contributed by atoms with E-state index in [-0.39, 0.29) is 18.9 Å². The molecule has 0 aliphatic carbocycles. The van der Waals surface area contributed by atoms with Crippen LogP contribution in [0.25, 0.3) is 0 Å². The Balaban J connectivity index is 1.35. The fourth-order valence-electron chi connectivity index (χ4n) is 12.4. The molecule has 19 nitrogen and oxygen atoms in total. The summed E-state index contributed by atoms with van der Waals surface area (Å²) in [6, 6.07) is -0.975.